The zero-order valence-electron chi connectivity index (χ0n) is 26.1. The minimum absolute atomic E-state index is 0.0599. The highest BCUT2D eigenvalue weighted by Crippen LogP contribution is 2.41. The van der Waals surface area contributed by atoms with E-state index in [1.165, 1.54) is 89.9 Å². The van der Waals surface area contributed by atoms with Gasteiger partial charge in [0.2, 0.25) is 0 Å². The second-order valence-corrected chi connectivity index (χ2v) is 12.9. The van der Waals surface area contributed by atoms with Crippen molar-refractivity contribution < 1.29 is 28.3 Å². The Hall–Kier alpha value is -0.460. The van der Waals surface area contributed by atoms with Crippen LogP contribution in [0.1, 0.15) is 143 Å². The molecule has 0 rings (SSSR count). The second-order valence-electron chi connectivity index (χ2n) is 10.9. The molecule has 0 aromatic rings. The lowest BCUT2D eigenvalue weighted by atomic mass is 10.0. The number of ether oxygens (including phenoxy) is 2. The summed E-state index contributed by atoms with van der Waals surface area (Å²) in [5.41, 5.74) is 0. The van der Waals surface area contributed by atoms with Crippen LogP contribution in [0.3, 0.4) is 0 Å². The third-order valence-corrected chi connectivity index (χ3v) is 8.57. The Kier molecular flexibility index (Phi) is 27.4. The van der Waals surface area contributed by atoms with Gasteiger partial charge in [-0.15, -0.1) is 0 Å². The smallest absolute Gasteiger partial charge is 0.329 e. The normalized spacial score (nSPS) is 14.0. The first-order chi connectivity index (χ1) is 18.9. The van der Waals surface area contributed by atoms with E-state index in [0.717, 1.165) is 25.9 Å². The van der Waals surface area contributed by atoms with E-state index in [4.69, 9.17) is 14.0 Å². The van der Waals surface area contributed by atoms with Gasteiger partial charge in [0.1, 0.15) is 6.10 Å². The number of unbranched alkanes of at least 4 members (excludes halogenated alkanes) is 15. The maximum absolute atomic E-state index is 12.4. The molecule has 0 radical (unpaired) electrons. The highest BCUT2D eigenvalue weighted by molar-refractivity contribution is 7.52. The van der Waals surface area contributed by atoms with Gasteiger partial charge in [0.05, 0.1) is 19.4 Å². The molecular formula is C31H64NO6P. The van der Waals surface area contributed by atoms with Gasteiger partial charge in [-0.05, 0) is 25.9 Å². The molecule has 0 aromatic heterocycles. The summed E-state index contributed by atoms with van der Waals surface area (Å²) >= 11 is 0. The van der Waals surface area contributed by atoms with Crippen molar-refractivity contribution in [3.63, 3.8) is 0 Å². The molecule has 0 aliphatic heterocycles. The van der Waals surface area contributed by atoms with E-state index < -0.39 is 13.7 Å². The minimum Gasteiger partial charge on any atom is -0.457 e. The Morgan fingerprint density at radius 3 is 1.67 bits per heavy atom. The first-order valence-electron chi connectivity index (χ1n) is 16.3. The number of esters is 1. The fourth-order valence-electron chi connectivity index (χ4n) is 4.60. The minimum atomic E-state index is -3.75. The second kappa shape index (κ2) is 27.7. The van der Waals surface area contributed by atoms with Gasteiger partial charge >= 0.3 is 13.6 Å². The van der Waals surface area contributed by atoms with Crippen molar-refractivity contribution in [2.75, 3.05) is 45.6 Å². The summed E-state index contributed by atoms with van der Waals surface area (Å²) in [5, 5.41) is 0. The number of rotatable bonds is 30. The maximum Gasteiger partial charge on any atom is 0.329 e. The molecule has 0 saturated carbocycles. The summed E-state index contributed by atoms with van der Waals surface area (Å²) in [5.74, 6) is -0.326. The summed E-state index contributed by atoms with van der Waals surface area (Å²) in [6.45, 7) is 11.0. The largest absolute Gasteiger partial charge is 0.457 e. The van der Waals surface area contributed by atoms with Crippen molar-refractivity contribution in [1.82, 2.24) is 4.90 Å². The quantitative estimate of drug-likeness (QED) is 0.0520. The van der Waals surface area contributed by atoms with E-state index in [-0.39, 0.29) is 25.3 Å². The molecule has 0 heterocycles. The number of hydrogen-bond acceptors (Lipinski definition) is 6. The number of hydrogen-bond donors (Lipinski definition) is 1. The average molecular weight is 578 g/mol. The van der Waals surface area contributed by atoms with Crippen LogP contribution in [0.15, 0.2) is 0 Å². The van der Waals surface area contributed by atoms with E-state index in [1.807, 2.05) is 20.8 Å². The van der Waals surface area contributed by atoms with Crippen molar-refractivity contribution in [1.29, 1.82) is 0 Å². The van der Waals surface area contributed by atoms with Gasteiger partial charge in [-0.2, -0.15) is 0 Å². The molecule has 1 N–H and O–H groups in total. The van der Waals surface area contributed by atoms with Gasteiger partial charge in [0.25, 0.3) is 0 Å². The summed E-state index contributed by atoms with van der Waals surface area (Å²) in [6, 6.07) is 0. The van der Waals surface area contributed by atoms with Crippen LogP contribution in [0.4, 0.5) is 0 Å². The number of carbonyl (C=O) groups is 1. The number of nitrogens with zero attached hydrogens (tertiary/aromatic N) is 1. The van der Waals surface area contributed by atoms with E-state index in [0.29, 0.717) is 26.0 Å². The van der Waals surface area contributed by atoms with E-state index in [9.17, 15) is 14.3 Å². The molecular weight excluding hydrogens is 513 g/mol. The Balaban J connectivity index is 3.90. The molecule has 0 amide bonds. The Morgan fingerprint density at radius 2 is 1.21 bits per heavy atom. The first-order valence-corrected chi connectivity index (χ1v) is 18.1. The van der Waals surface area contributed by atoms with Crippen LogP contribution in [0.5, 0.6) is 0 Å². The predicted molar refractivity (Wildman–Crippen MR) is 164 cm³/mol. The monoisotopic (exact) mass is 577 g/mol. The van der Waals surface area contributed by atoms with Gasteiger partial charge < -0.3 is 23.8 Å². The fourth-order valence-corrected chi connectivity index (χ4v) is 5.67. The summed E-state index contributed by atoms with van der Waals surface area (Å²) < 4.78 is 29.0. The Bertz CT molecular complexity index is 587. The van der Waals surface area contributed by atoms with Crippen LogP contribution in [0, 0.1) is 0 Å². The van der Waals surface area contributed by atoms with Crippen LogP contribution in [-0.4, -0.2) is 67.5 Å². The molecule has 0 spiro atoms. The van der Waals surface area contributed by atoms with Gasteiger partial charge in [0, 0.05) is 19.6 Å². The predicted octanol–water partition coefficient (Wildman–Crippen LogP) is 8.52. The highest BCUT2D eigenvalue weighted by Gasteiger charge is 2.24. The van der Waals surface area contributed by atoms with Gasteiger partial charge in [0.15, 0.2) is 0 Å². The molecule has 234 valence electrons. The highest BCUT2D eigenvalue weighted by atomic mass is 31.2. The molecule has 2 atom stereocenters. The Labute approximate surface area is 241 Å². The summed E-state index contributed by atoms with van der Waals surface area (Å²) in [6.07, 6.45) is 21.6. The lowest BCUT2D eigenvalue weighted by Crippen LogP contribution is -2.29. The zero-order valence-corrected chi connectivity index (χ0v) is 27.0. The molecule has 0 aromatic carbocycles. The topological polar surface area (TPSA) is 85.3 Å². The Morgan fingerprint density at radius 1 is 0.718 bits per heavy atom. The van der Waals surface area contributed by atoms with Gasteiger partial charge in [-0.25, -0.2) is 0 Å². The molecule has 0 aliphatic carbocycles. The molecule has 0 aliphatic rings. The number of carbonyl (C=O) groups excluding carboxylic acids is 1. The van der Waals surface area contributed by atoms with Crippen molar-refractivity contribution in [2.24, 2.45) is 0 Å². The van der Waals surface area contributed by atoms with Crippen molar-refractivity contribution >= 4 is 13.6 Å². The third kappa shape index (κ3) is 26.2. The molecule has 0 saturated heterocycles. The van der Waals surface area contributed by atoms with Crippen molar-refractivity contribution in [2.45, 2.75) is 149 Å². The molecule has 7 nitrogen and oxygen atoms in total. The van der Waals surface area contributed by atoms with Crippen LogP contribution in [0.25, 0.3) is 0 Å². The van der Waals surface area contributed by atoms with E-state index in [2.05, 4.69) is 11.8 Å². The average Bonchev–Trinajstić information content (AvgIpc) is 2.91. The van der Waals surface area contributed by atoms with Crippen LogP contribution >= 0.6 is 7.60 Å². The SMILES string of the molecule is CCCCCCCCCCCCCCCCCCOCC(COP(=O)(O)CCN(CC)CC)OC(=O)CCC. The molecule has 2 unspecified atom stereocenters. The zero-order chi connectivity index (χ0) is 29.0. The van der Waals surface area contributed by atoms with Gasteiger partial charge in [-0.1, -0.05) is 124 Å². The van der Waals surface area contributed by atoms with Crippen molar-refractivity contribution in [3.05, 3.63) is 0 Å². The summed E-state index contributed by atoms with van der Waals surface area (Å²) in [7, 11) is -3.75. The van der Waals surface area contributed by atoms with E-state index in [1.54, 1.807) is 0 Å². The third-order valence-electron chi connectivity index (χ3n) is 7.25. The van der Waals surface area contributed by atoms with Crippen LogP contribution in [-0.2, 0) is 23.4 Å². The fraction of sp³-hybridized carbons (Fsp3) is 0.968. The van der Waals surface area contributed by atoms with Crippen LogP contribution < -0.4 is 0 Å². The molecule has 8 heteroatoms. The summed E-state index contributed by atoms with van der Waals surface area (Å²) in [4.78, 5) is 24.3. The molecule has 0 bridgehead atoms. The van der Waals surface area contributed by atoms with Crippen LogP contribution in [0.2, 0.25) is 0 Å². The molecule has 0 fully saturated rings. The van der Waals surface area contributed by atoms with Gasteiger partial charge in [-0.3, -0.25) is 9.36 Å². The lowest BCUT2D eigenvalue weighted by molar-refractivity contribution is -0.154. The lowest BCUT2D eigenvalue weighted by Gasteiger charge is -2.22. The maximum atomic E-state index is 12.4. The standard InChI is InChI=1S/C31H64NO6P/c1-5-9-10-11-12-13-14-15-16-17-18-19-20-21-22-23-26-36-28-30(38-31(33)24-6-2)29-37-39(34,35)27-25-32(7-3)8-4/h30H,5-29H2,1-4H3,(H,34,35). The van der Waals surface area contributed by atoms with E-state index >= 15 is 0 Å². The first kappa shape index (κ1) is 38.5. The van der Waals surface area contributed by atoms with Crippen molar-refractivity contribution in [3.8, 4) is 0 Å². The molecule has 39 heavy (non-hydrogen) atoms.